The number of carbonyl (C=O) groups excluding carboxylic acids is 3. The van der Waals surface area contributed by atoms with E-state index in [9.17, 15) is 44.1 Å². The Labute approximate surface area is 183 Å². The molecular weight excluding hydrogens is 424 g/mol. The van der Waals surface area contributed by atoms with Crippen molar-refractivity contribution in [1.29, 1.82) is 0 Å². The number of aliphatic carboxylic acids is 3. The quantitative estimate of drug-likeness (QED) is 0.296. The average molecular weight is 450 g/mol. The van der Waals surface area contributed by atoms with E-state index >= 15 is 0 Å². The van der Waals surface area contributed by atoms with Crippen LogP contribution in [0, 0.1) is 21.7 Å². The molecular formula is C22H26O10. The fourth-order valence-electron chi connectivity index (χ4n) is 3.91. The van der Waals surface area contributed by atoms with Gasteiger partial charge in [-0.05, 0) is 32.8 Å². The van der Waals surface area contributed by atoms with E-state index in [0.717, 1.165) is 12.2 Å². The summed E-state index contributed by atoms with van der Waals surface area (Å²) < 4.78 is 5.36. The molecule has 0 aromatic rings. The van der Waals surface area contributed by atoms with E-state index in [0.29, 0.717) is 0 Å². The van der Waals surface area contributed by atoms with Crippen molar-refractivity contribution < 1.29 is 48.8 Å². The van der Waals surface area contributed by atoms with Crippen LogP contribution in [0.5, 0.6) is 0 Å². The lowest BCUT2D eigenvalue weighted by Crippen LogP contribution is -2.50. The van der Waals surface area contributed by atoms with Gasteiger partial charge in [0.1, 0.15) is 22.0 Å². The summed E-state index contributed by atoms with van der Waals surface area (Å²) in [6.45, 7) is 5.42. The number of ketones is 2. The number of rotatable bonds is 7. The third-order valence-electron chi connectivity index (χ3n) is 6.77. The first kappa shape index (κ1) is 25.0. The number of carboxylic acid groups (broad SMARTS) is 3. The number of carboxylic acids is 3. The topological polar surface area (TPSA) is 172 Å². The van der Waals surface area contributed by atoms with Crippen molar-refractivity contribution in [2.24, 2.45) is 21.7 Å². The summed E-state index contributed by atoms with van der Waals surface area (Å²) >= 11 is 0. The molecule has 2 rings (SSSR count). The van der Waals surface area contributed by atoms with Crippen molar-refractivity contribution in [2.75, 3.05) is 0 Å². The lowest BCUT2D eigenvalue weighted by Gasteiger charge is -2.40. The van der Waals surface area contributed by atoms with Gasteiger partial charge >= 0.3 is 23.9 Å². The van der Waals surface area contributed by atoms with Crippen LogP contribution in [0.4, 0.5) is 0 Å². The summed E-state index contributed by atoms with van der Waals surface area (Å²) in [6, 6.07) is 0. The number of esters is 1. The number of hydrogen-bond acceptors (Lipinski definition) is 7. The normalized spacial score (nSPS) is 34.6. The third kappa shape index (κ3) is 3.53. The van der Waals surface area contributed by atoms with E-state index in [4.69, 9.17) is 4.74 Å². The Hall–Kier alpha value is -3.30. The number of hydrogen-bond donors (Lipinski definition) is 3. The second-order valence-electron chi connectivity index (χ2n) is 8.73. The average Bonchev–Trinajstić information content (AvgIpc) is 2.71. The maximum absolute atomic E-state index is 13.0. The van der Waals surface area contributed by atoms with Crippen molar-refractivity contribution in [2.45, 2.75) is 53.4 Å². The molecule has 0 radical (unpaired) electrons. The van der Waals surface area contributed by atoms with Gasteiger partial charge < -0.3 is 20.1 Å². The first-order valence-corrected chi connectivity index (χ1v) is 10.1. The van der Waals surface area contributed by atoms with Crippen molar-refractivity contribution in [1.82, 2.24) is 0 Å². The highest BCUT2D eigenvalue weighted by Gasteiger charge is 2.58. The predicted molar refractivity (Wildman–Crippen MR) is 107 cm³/mol. The van der Waals surface area contributed by atoms with E-state index in [2.05, 4.69) is 0 Å². The van der Waals surface area contributed by atoms with Crippen LogP contribution in [-0.2, 0) is 33.5 Å². The van der Waals surface area contributed by atoms with Crippen LogP contribution in [0.1, 0.15) is 53.4 Å². The SMILES string of the molecule is CCC1(C(=O)O)C=C(OC(=O)C2(C)C=CC(C)(C(=O)O)CC2=O)C(CC)(C(=O)O)CC1=O. The molecule has 174 valence electrons. The van der Waals surface area contributed by atoms with Crippen molar-refractivity contribution in [3.05, 3.63) is 24.0 Å². The molecule has 2 aliphatic rings. The summed E-state index contributed by atoms with van der Waals surface area (Å²) in [5, 5.41) is 28.8. The molecule has 0 heterocycles. The maximum atomic E-state index is 13.0. The number of ether oxygens (including phenoxy) is 1. The third-order valence-corrected chi connectivity index (χ3v) is 6.77. The van der Waals surface area contributed by atoms with Gasteiger partial charge in [-0.1, -0.05) is 26.0 Å². The molecule has 0 aliphatic heterocycles. The molecule has 4 unspecified atom stereocenters. The maximum Gasteiger partial charge on any atom is 0.328 e. The summed E-state index contributed by atoms with van der Waals surface area (Å²) in [5.74, 6) is -7.51. The summed E-state index contributed by atoms with van der Waals surface area (Å²) in [7, 11) is 0. The zero-order valence-electron chi connectivity index (χ0n) is 18.3. The monoisotopic (exact) mass is 450 g/mol. The van der Waals surface area contributed by atoms with Crippen LogP contribution < -0.4 is 0 Å². The number of Topliss-reactive ketones (excluding diaryl/α,β-unsaturated/α-hetero) is 2. The molecule has 0 saturated carbocycles. The summed E-state index contributed by atoms with van der Waals surface area (Å²) in [5.41, 5.74) is -7.47. The fourth-order valence-corrected chi connectivity index (χ4v) is 3.91. The first-order valence-electron chi connectivity index (χ1n) is 10.1. The van der Waals surface area contributed by atoms with Crippen molar-refractivity contribution in [3.63, 3.8) is 0 Å². The summed E-state index contributed by atoms with van der Waals surface area (Å²) in [6.07, 6.45) is 1.60. The van der Waals surface area contributed by atoms with Crippen LogP contribution in [-0.4, -0.2) is 50.8 Å². The van der Waals surface area contributed by atoms with Crippen LogP contribution in [0.25, 0.3) is 0 Å². The molecule has 4 atom stereocenters. The molecule has 32 heavy (non-hydrogen) atoms. The fraction of sp³-hybridized carbons (Fsp3) is 0.545. The smallest absolute Gasteiger partial charge is 0.328 e. The second-order valence-corrected chi connectivity index (χ2v) is 8.73. The minimum Gasteiger partial charge on any atom is -0.481 e. The first-order chi connectivity index (χ1) is 14.6. The van der Waals surface area contributed by atoms with Gasteiger partial charge in [-0.3, -0.25) is 28.8 Å². The van der Waals surface area contributed by atoms with E-state index in [1.807, 2.05) is 0 Å². The van der Waals surface area contributed by atoms with Crippen LogP contribution >= 0.6 is 0 Å². The molecule has 0 fully saturated rings. The van der Waals surface area contributed by atoms with Gasteiger partial charge in [0.2, 0.25) is 0 Å². The molecule has 2 aliphatic carbocycles. The molecule has 10 nitrogen and oxygen atoms in total. The van der Waals surface area contributed by atoms with Gasteiger partial charge in [0.15, 0.2) is 11.6 Å². The minimum atomic E-state index is -2.07. The molecule has 0 aromatic heterocycles. The molecule has 0 spiro atoms. The molecule has 10 heteroatoms. The van der Waals surface area contributed by atoms with Crippen LogP contribution in [0.3, 0.4) is 0 Å². The van der Waals surface area contributed by atoms with Crippen molar-refractivity contribution in [3.8, 4) is 0 Å². The Kier molecular flexibility index (Phi) is 6.24. The zero-order valence-corrected chi connectivity index (χ0v) is 18.3. The van der Waals surface area contributed by atoms with Gasteiger partial charge in [-0.2, -0.15) is 0 Å². The Morgan fingerprint density at radius 3 is 1.88 bits per heavy atom. The second kappa shape index (κ2) is 7.99. The molecule has 0 aromatic carbocycles. The molecule has 0 bridgehead atoms. The highest BCUT2D eigenvalue weighted by Crippen LogP contribution is 2.48. The van der Waals surface area contributed by atoms with E-state index in [1.165, 1.54) is 33.8 Å². The van der Waals surface area contributed by atoms with Crippen LogP contribution in [0.15, 0.2) is 24.0 Å². The molecule has 0 saturated heterocycles. The van der Waals surface area contributed by atoms with E-state index in [-0.39, 0.29) is 12.8 Å². The standard InChI is InChI=1S/C22H26O10/c1-5-21(16(27)28)11-14(22(6-2,17(29)30)10-13(21)24)32-18(31)20(4)8-7-19(3,15(25)26)9-12(20)23/h7-8,11H,5-6,9-10H2,1-4H3,(H,25,26)(H,27,28)(H,29,30). The lowest BCUT2D eigenvalue weighted by molar-refractivity contribution is -0.166. The van der Waals surface area contributed by atoms with Gasteiger partial charge in [-0.25, -0.2) is 0 Å². The Balaban J connectivity index is 2.59. The van der Waals surface area contributed by atoms with Gasteiger partial charge in [0.05, 0.1) is 5.41 Å². The minimum absolute atomic E-state index is 0.176. The van der Waals surface area contributed by atoms with Crippen molar-refractivity contribution >= 4 is 35.4 Å². The Morgan fingerprint density at radius 2 is 1.47 bits per heavy atom. The van der Waals surface area contributed by atoms with E-state index < -0.39 is 75.7 Å². The number of carbonyl (C=O) groups is 6. The zero-order chi connectivity index (χ0) is 24.7. The largest absolute Gasteiger partial charge is 0.481 e. The van der Waals surface area contributed by atoms with Crippen LogP contribution in [0.2, 0.25) is 0 Å². The lowest BCUT2D eigenvalue weighted by atomic mass is 9.64. The highest BCUT2D eigenvalue weighted by molar-refractivity contribution is 6.10. The van der Waals surface area contributed by atoms with E-state index in [1.54, 1.807) is 0 Å². The van der Waals surface area contributed by atoms with Gasteiger partial charge in [0.25, 0.3) is 0 Å². The van der Waals surface area contributed by atoms with Gasteiger partial charge in [-0.15, -0.1) is 0 Å². The Bertz CT molecular complexity index is 975. The predicted octanol–water partition coefficient (Wildman–Crippen LogP) is 1.97. The Morgan fingerprint density at radius 1 is 0.875 bits per heavy atom. The van der Waals surface area contributed by atoms with Gasteiger partial charge in [0, 0.05) is 12.8 Å². The summed E-state index contributed by atoms with van der Waals surface area (Å²) in [4.78, 5) is 73.9. The highest BCUT2D eigenvalue weighted by atomic mass is 16.5. The molecule has 3 N–H and O–H groups in total. The molecule has 0 amide bonds.